The molecule has 0 bridgehead atoms. The van der Waals surface area contributed by atoms with Crippen molar-refractivity contribution >= 4 is 0 Å². The van der Waals surface area contributed by atoms with Crippen molar-refractivity contribution in [1.29, 1.82) is 0 Å². The molecule has 4 nitrogen and oxygen atoms in total. The Morgan fingerprint density at radius 2 is 2.15 bits per heavy atom. The summed E-state index contributed by atoms with van der Waals surface area (Å²) in [5.74, 6) is 1.52. The van der Waals surface area contributed by atoms with E-state index < -0.39 is 0 Å². The molecule has 2 aromatic rings. The molecule has 1 N–H and O–H groups in total. The van der Waals surface area contributed by atoms with Crippen molar-refractivity contribution in [2.24, 2.45) is 5.92 Å². The lowest BCUT2D eigenvalue weighted by Gasteiger charge is -2.29. The first-order chi connectivity index (χ1) is 9.88. The van der Waals surface area contributed by atoms with Crippen LogP contribution >= 0.6 is 0 Å². The summed E-state index contributed by atoms with van der Waals surface area (Å²) < 4.78 is 1.99. The van der Waals surface area contributed by atoms with Crippen molar-refractivity contribution in [2.75, 3.05) is 6.54 Å². The maximum atomic E-state index is 4.25. The van der Waals surface area contributed by atoms with E-state index in [-0.39, 0.29) is 0 Å². The van der Waals surface area contributed by atoms with Crippen LogP contribution in [0.15, 0.2) is 30.5 Å². The second-order valence-electron chi connectivity index (χ2n) is 6.11. The average Bonchev–Trinajstić information content (AvgIpc) is 3.15. The first-order valence-corrected chi connectivity index (χ1v) is 7.56. The number of aromatic nitrogens is 3. The van der Waals surface area contributed by atoms with Gasteiger partial charge in [0.1, 0.15) is 0 Å². The largest absolute Gasteiger partial charge is 0.311 e. The Kier molecular flexibility index (Phi) is 3.03. The molecule has 1 saturated carbocycles. The third-order valence-corrected chi connectivity index (χ3v) is 4.39. The molecule has 4 heteroatoms. The molecule has 0 aliphatic heterocycles. The van der Waals surface area contributed by atoms with Crippen LogP contribution in [0, 0.1) is 5.92 Å². The summed E-state index contributed by atoms with van der Waals surface area (Å²) in [6.45, 7) is 2.92. The van der Waals surface area contributed by atoms with Gasteiger partial charge in [-0.05, 0) is 42.9 Å². The van der Waals surface area contributed by atoms with Crippen molar-refractivity contribution in [1.82, 2.24) is 20.3 Å². The standard InChI is InChI=1S/C16H20N4/c1-2-4-16-13(3-1)7-14(16)10-20-11-15(18-19-20)9-17-8-12-5-6-12/h1-4,11-12,14,17H,5-10H2. The van der Waals surface area contributed by atoms with Crippen LogP contribution in [0.25, 0.3) is 0 Å². The van der Waals surface area contributed by atoms with E-state index in [0.717, 1.165) is 31.2 Å². The lowest BCUT2D eigenvalue weighted by molar-refractivity contribution is 0.465. The maximum Gasteiger partial charge on any atom is 0.0964 e. The van der Waals surface area contributed by atoms with Crippen LogP contribution in [0.4, 0.5) is 0 Å². The van der Waals surface area contributed by atoms with Gasteiger partial charge in [-0.1, -0.05) is 29.5 Å². The third kappa shape index (κ3) is 2.48. The number of fused-ring (bicyclic) bond motifs is 1. The van der Waals surface area contributed by atoms with Crippen LogP contribution in [0.2, 0.25) is 0 Å². The molecule has 4 rings (SSSR count). The molecule has 1 aromatic heterocycles. The van der Waals surface area contributed by atoms with E-state index in [1.165, 1.54) is 30.4 Å². The van der Waals surface area contributed by atoms with Crippen molar-refractivity contribution in [3.63, 3.8) is 0 Å². The molecule has 1 unspecified atom stereocenters. The van der Waals surface area contributed by atoms with Gasteiger partial charge in [-0.2, -0.15) is 0 Å². The van der Waals surface area contributed by atoms with Gasteiger partial charge in [0.25, 0.3) is 0 Å². The molecule has 1 heterocycles. The van der Waals surface area contributed by atoms with Crippen molar-refractivity contribution in [3.8, 4) is 0 Å². The molecular weight excluding hydrogens is 248 g/mol. The summed E-state index contributed by atoms with van der Waals surface area (Å²) in [5.41, 5.74) is 4.03. The normalized spacial score (nSPS) is 20.5. The van der Waals surface area contributed by atoms with Gasteiger partial charge in [0.2, 0.25) is 0 Å². The van der Waals surface area contributed by atoms with Crippen LogP contribution in [0.5, 0.6) is 0 Å². The fraction of sp³-hybridized carbons (Fsp3) is 0.500. The van der Waals surface area contributed by atoms with Gasteiger partial charge in [0, 0.05) is 25.2 Å². The van der Waals surface area contributed by atoms with Gasteiger partial charge >= 0.3 is 0 Å². The van der Waals surface area contributed by atoms with Gasteiger partial charge in [0.15, 0.2) is 0 Å². The Hall–Kier alpha value is -1.68. The van der Waals surface area contributed by atoms with Crippen molar-refractivity contribution in [3.05, 3.63) is 47.3 Å². The zero-order chi connectivity index (χ0) is 13.4. The summed E-state index contributed by atoms with van der Waals surface area (Å²) in [7, 11) is 0. The van der Waals surface area contributed by atoms with E-state index in [1.54, 1.807) is 0 Å². The molecule has 0 amide bonds. The minimum Gasteiger partial charge on any atom is -0.311 e. The number of benzene rings is 1. The van der Waals surface area contributed by atoms with E-state index in [9.17, 15) is 0 Å². The van der Waals surface area contributed by atoms with Gasteiger partial charge in [-0.3, -0.25) is 4.68 Å². The van der Waals surface area contributed by atoms with E-state index >= 15 is 0 Å². The summed E-state index contributed by atoms with van der Waals surface area (Å²) in [4.78, 5) is 0. The minimum atomic E-state index is 0.611. The minimum absolute atomic E-state index is 0.611. The highest BCUT2D eigenvalue weighted by atomic mass is 15.4. The molecule has 0 spiro atoms. The van der Waals surface area contributed by atoms with E-state index in [2.05, 4.69) is 46.1 Å². The fourth-order valence-electron chi connectivity index (χ4n) is 2.99. The van der Waals surface area contributed by atoms with E-state index in [0.29, 0.717) is 5.92 Å². The van der Waals surface area contributed by atoms with E-state index in [1.807, 2.05) is 4.68 Å². The Morgan fingerprint density at radius 1 is 1.25 bits per heavy atom. The molecule has 1 fully saturated rings. The molecular formula is C16H20N4. The Morgan fingerprint density at radius 3 is 3.00 bits per heavy atom. The first kappa shape index (κ1) is 12.1. The van der Waals surface area contributed by atoms with Gasteiger partial charge < -0.3 is 5.32 Å². The Balaban J connectivity index is 1.32. The highest BCUT2D eigenvalue weighted by Crippen LogP contribution is 2.35. The first-order valence-electron chi connectivity index (χ1n) is 7.56. The lowest BCUT2D eigenvalue weighted by Crippen LogP contribution is -2.22. The molecule has 1 aromatic carbocycles. The van der Waals surface area contributed by atoms with Gasteiger partial charge in [-0.15, -0.1) is 5.10 Å². The van der Waals surface area contributed by atoms with Gasteiger partial charge in [0.05, 0.1) is 5.69 Å². The molecule has 0 radical (unpaired) electrons. The third-order valence-electron chi connectivity index (χ3n) is 4.39. The zero-order valence-electron chi connectivity index (χ0n) is 11.6. The van der Waals surface area contributed by atoms with Crippen LogP contribution in [0.1, 0.15) is 35.6 Å². The number of nitrogens with one attached hydrogen (secondary N) is 1. The Labute approximate surface area is 119 Å². The maximum absolute atomic E-state index is 4.25. The lowest BCUT2D eigenvalue weighted by atomic mass is 9.78. The van der Waals surface area contributed by atoms with Crippen molar-refractivity contribution < 1.29 is 0 Å². The van der Waals surface area contributed by atoms with Crippen LogP contribution in [0.3, 0.4) is 0 Å². The molecule has 1 atom stereocenters. The number of rotatable bonds is 6. The van der Waals surface area contributed by atoms with Crippen molar-refractivity contribution in [2.45, 2.75) is 38.3 Å². The van der Waals surface area contributed by atoms with Crippen LogP contribution < -0.4 is 5.32 Å². The molecule has 104 valence electrons. The second-order valence-corrected chi connectivity index (χ2v) is 6.11. The highest BCUT2D eigenvalue weighted by molar-refractivity contribution is 5.39. The predicted octanol–water partition coefficient (Wildman–Crippen LogP) is 2.12. The number of hydrogen-bond acceptors (Lipinski definition) is 3. The summed E-state index contributed by atoms with van der Waals surface area (Å²) in [6, 6.07) is 8.70. The van der Waals surface area contributed by atoms with Crippen LogP contribution in [-0.2, 0) is 19.5 Å². The topological polar surface area (TPSA) is 42.7 Å². The Bertz CT molecular complexity index is 600. The van der Waals surface area contributed by atoms with E-state index in [4.69, 9.17) is 0 Å². The smallest absolute Gasteiger partial charge is 0.0964 e. The summed E-state index contributed by atoms with van der Waals surface area (Å²) in [6.07, 6.45) is 6.04. The summed E-state index contributed by atoms with van der Waals surface area (Å²) >= 11 is 0. The zero-order valence-corrected chi connectivity index (χ0v) is 11.6. The second kappa shape index (κ2) is 5.02. The van der Waals surface area contributed by atoms with Gasteiger partial charge in [-0.25, -0.2) is 0 Å². The SMILES string of the molecule is c1ccc2c(c1)CC2Cn1cc(CNCC2CC2)nn1. The molecule has 20 heavy (non-hydrogen) atoms. The predicted molar refractivity (Wildman–Crippen MR) is 77.3 cm³/mol. The average molecular weight is 268 g/mol. The number of nitrogens with zero attached hydrogens (tertiary/aromatic N) is 3. The fourth-order valence-corrected chi connectivity index (χ4v) is 2.99. The summed E-state index contributed by atoms with van der Waals surface area (Å²) in [5, 5.41) is 12.0. The highest BCUT2D eigenvalue weighted by Gasteiger charge is 2.26. The molecule has 2 aliphatic carbocycles. The van der Waals surface area contributed by atoms with Crippen LogP contribution in [-0.4, -0.2) is 21.5 Å². The molecule has 0 saturated heterocycles. The number of hydrogen-bond donors (Lipinski definition) is 1. The monoisotopic (exact) mass is 268 g/mol. The molecule has 2 aliphatic rings. The quantitative estimate of drug-likeness (QED) is 0.872.